The first-order chi connectivity index (χ1) is 10.1. The van der Waals surface area contributed by atoms with Gasteiger partial charge >= 0.3 is 5.97 Å². The second-order valence-electron chi connectivity index (χ2n) is 4.63. The van der Waals surface area contributed by atoms with Crippen LogP contribution in [0.1, 0.15) is 34.8 Å². The first-order valence-corrected chi connectivity index (χ1v) is 7.91. The third-order valence-electron chi connectivity index (χ3n) is 3.25. The summed E-state index contributed by atoms with van der Waals surface area (Å²) in [7, 11) is 1.34. The molecule has 1 unspecified atom stereocenters. The maximum atomic E-state index is 11.3. The fourth-order valence-corrected chi connectivity index (χ4v) is 2.36. The van der Waals surface area contributed by atoms with Gasteiger partial charge in [0.25, 0.3) is 0 Å². The van der Waals surface area contributed by atoms with E-state index in [-0.39, 0.29) is 11.8 Å². The summed E-state index contributed by atoms with van der Waals surface area (Å²) in [6, 6.07) is 12.1. The van der Waals surface area contributed by atoms with Gasteiger partial charge in [-0.1, -0.05) is 12.1 Å². The Bertz CT molecular complexity index is 592. The number of nitrogens with one attached hydrogen (secondary N) is 1. The van der Waals surface area contributed by atoms with Crippen molar-refractivity contribution in [2.45, 2.75) is 24.4 Å². The minimum Gasteiger partial charge on any atom is -0.463 e. The minimum absolute atomic E-state index is 0.201. The van der Waals surface area contributed by atoms with Crippen molar-refractivity contribution in [3.8, 4) is 0 Å². The Labute approximate surface area is 128 Å². The smallest absolute Gasteiger partial charge is 0.373 e. The number of carbonyl (C=O) groups is 1. The molecule has 0 saturated carbocycles. The number of furan rings is 1. The molecule has 0 fully saturated rings. The maximum Gasteiger partial charge on any atom is 0.373 e. The zero-order chi connectivity index (χ0) is 15.2. The molecule has 4 nitrogen and oxygen atoms in total. The molecular formula is C16H19NO3S. The molecule has 1 atom stereocenters. The van der Waals surface area contributed by atoms with Crippen molar-refractivity contribution in [1.82, 2.24) is 5.32 Å². The van der Waals surface area contributed by atoms with Crippen LogP contribution in [0.2, 0.25) is 0 Å². The topological polar surface area (TPSA) is 51.5 Å². The number of thioether (sulfide) groups is 1. The van der Waals surface area contributed by atoms with Crippen LogP contribution < -0.4 is 5.32 Å². The summed E-state index contributed by atoms with van der Waals surface area (Å²) < 4.78 is 10.0. The molecule has 2 aromatic rings. The Kier molecular flexibility index (Phi) is 5.47. The van der Waals surface area contributed by atoms with E-state index in [0.717, 1.165) is 0 Å². The summed E-state index contributed by atoms with van der Waals surface area (Å²) in [5, 5.41) is 3.37. The molecular weight excluding hydrogens is 286 g/mol. The van der Waals surface area contributed by atoms with Crippen molar-refractivity contribution in [2.75, 3.05) is 13.4 Å². The van der Waals surface area contributed by atoms with Crippen molar-refractivity contribution in [1.29, 1.82) is 0 Å². The van der Waals surface area contributed by atoms with E-state index in [1.165, 1.54) is 17.6 Å². The van der Waals surface area contributed by atoms with Gasteiger partial charge in [-0.3, -0.25) is 0 Å². The van der Waals surface area contributed by atoms with Gasteiger partial charge in [-0.15, -0.1) is 11.8 Å². The molecule has 0 radical (unpaired) electrons. The lowest BCUT2D eigenvalue weighted by Crippen LogP contribution is -2.17. The predicted molar refractivity (Wildman–Crippen MR) is 83.5 cm³/mol. The van der Waals surface area contributed by atoms with Gasteiger partial charge < -0.3 is 14.5 Å². The Morgan fingerprint density at radius 2 is 2.00 bits per heavy atom. The number of rotatable bonds is 6. The number of hydrogen-bond acceptors (Lipinski definition) is 5. The number of methoxy groups -OCH3 is 1. The summed E-state index contributed by atoms with van der Waals surface area (Å²) in [6.45, 7) is 2.65. The molecule has 2 rings (SSSR count). The lowest BCUT2D eigenvalue weighted by molar-refractivity contribution is 0.0563. The number of ether oxygens (including phenoxy) is 1. The average Bonchev–Trinajstić information content (AvgIpc) is 3.01. The zero-order valence-corrected chi connectivity index (χ0v) is 13.2. The molecule has 0 saturated heterocycles. The molecule has 1 aromatic heterocycles. The predicted octanol–water partition coefficient (Wildman–Crippen LogP) is 3.64. The van der Waals surface area contributed by atoms with Crippen LogP contribution in [0.5, 0.6) is 0 Å². The largest absolute Gasteiger partial charge is 0.463 e. The fourth-order valence-electron chi connectivity index (χ4n) is 1.95. The summed E-state index contributed by atoms with van der Waals surface area (Å²) in [5.41, 5.74) is 1.22. The van der Waals surface area contributed by atoms with Gasteiger partial charge in [-0.25, -0.2) is 4.79 Å². The maximum absolute atomic E-state index is 11.3. The van der Waals surface area contributed by atoms with Gasteiger partial charge in [0.1, 0.15) is 5.76 Å². The molecule has 0 aliphatic carbocycles. The Morgan fingerprint density at radius 1 is 1.29 bits per heavy atom. The minimum atomic E-state index is -0.457. The SMILES string of the molecule is COC(=O)c1ccc(CNC(C)c2ccc(SC)cc2)o1. The van der Waals surface area contributed by atoms with Crippen LogP contribution in [0.25, 0.3) is 0 Å². The van der Waals surface area contributed by atoms with E-state index < -0.39 is 5.97 Å². The van der Waals surface area contributed by atoms with Crippen LogP contribution in [0.15, 0.2) is 45.7 Å². The highest BCUT2D eigenvalue weighted by atomic mass is 32.2. The van der Waals surface area contributed by atoms with Crippen LogP contribution >= 0.6 is 11.8 Å². The molecule has 0 aliphatic rings. The summed E-state index contributed by atoms with van der Waals surface area (Å²) in [6.07, 6.45) is 2.06. The number of carbonyl (C=O) groups excluding carboxylic acids is 1. The summed E-state index contributed by atoms with van der Waals surface area (Å²) in [4.78, 5) is 12.6. The zero-order valence-electron chi connectivity index (χ0n) is 12.4. The lowest BCUT2D eigenvalue weighted by atomic mass is 10.1. The fraction of sp³-hybridized carbons (Fsp3) is 0.312. The van der Waals surface area contributed by atoms with Crippen LogP contribution in [0, 0.1) is 0 Å². The van der Waals surface area contributed by atoms with Gasteiger partial charge in [0.2, 0.25) is 5.76 Å². The van der Waals surface area contributed by atoms with E-state index in [2.05, 4.69) is 47.5 Å². The first-order valence-electron chi connectivity index (χ1n) is 6.68. The Morgan fingerprint density at radius 3 is 2.62 bits per heavy atom. The number of benzene rings is 1. The molecule has 0 aliphatic heterocycles. The van der Waals surface area contributed by atoms with Crippen LogP contribution in [0.3, 0.4) is 0 Å². The molecule has 0 spiro atoms. The van der Waals surface area contributed by atoms with Crippen molar-refractivity contribution < 1.29 is 13.9 Å². The van der Waals surface area contributed by atoms with Crippen molar-refractivity contribution in [3.05, 3.63) is 53.5 Å². The quantitative estimate of drug-likeness (QED) is 0.652. The average molecular weight is 305 g/mol. The number of esters is 1. The standard InChI is InChI=1S/C16H19NO3S/c1-11(12-4-7-14(21-3)8-5-12)17-10-13-6-9-15(20-13)16(18)19-2/h4-9,11,17H,10H2,1-3H3. The van der Waals surface area contributed by atoms with Crippen molar-refractivity contribution in [3.63, 3.8) is 0 Å². The van der Waals surface area contributed by atoms with Gasteiger partial charge in [0, 0.05) is 10.9 Å². The van der Waals surface area contributed by atoms with Crippen LogP contribution in [-0.4, -0.2) is 19.3 Å². The molecule has 0 bridgehead atoms. The third kappa shape index (κ3) is 4.12. The summed E-state index contributed by atoms with van der Waals surface area (Å²) in [5.74, 6) is 0.483. The van der Waals surface area contributed by atoms with Gasteiger partial charge in [-0.05, 0) is 43.0 Å². The van der Waals surface area contributed by atoms with Crippen LogP contribution in [-0.2, 0) is 11.3 Å². The molecule has 112 valence electrons. The van der Waals surface area contributed by atoms with Crippen molar-refractivity contribution in [2.24, 2.45) is 0 Å². The second-order valence-corrected chi connectivity index (χ2v) is 5.51. The highest BCUT2D eigenvalue weighted by molar-refractivity contribution is 7.98. The highest BCUT2D eigenvalue weighted by Gasteiger charge is 2.12. The molecule has 0 amide bonds. The van der Waals surface area contributed by atoms with E-state index in [4.69, 9.17) is 4.42 Å². The monoisotopic (exact) mass is 305 g/mol. The highest BCUT2D eigenvalue weighted by Crippen LogP contribution is 2.19. The normalized spacial score (nSPS) is 12.1. The molecule has 1 aromatic carbocycles. The molecule has 1 heterocycles. The molecule has 21 heavy (non-hydrogen) atoms. The molecule has 1 N–H and O–H groups in total. The van der Waals surface area contributed by atoms with Gasteiger partial charge in [-0.2, -0.15) is 0 Å². The van der Waals surface area contributed by atoms with E-state index >= 15 is 0 Å². The second kappa shape index (κ2) is 7.33. The number of hydrogen-bond donors (Lipinski definition) is 1. The van der Waals surface area contributed by atoms with E-state index in [0.29, 0.717) is 12.3 Å². The van der Waals surface area contributed by atoms with Crippen molar-refractivity contribution >= 4 is 17.7 Å². The Balaban J connectivity index is 1.92. The van der Waals surface area contributed by atoms with E-state index in [1.807, 2.05) is 0 Å². The molecule has 5 heteroatoms. The van der Waals surface area contributed by atoms with Gasteiger partial charge in [0.05, 0.1) is 13.7 Å². The summed E-state index contributed by atoms with van der Waals surface area (Å²) >= 11 is 1.73. The first kappa shape index (κ1) is 15.7. The van der Waals surface area contributed by atoms with Crippen LogP contribution in [0.4, 0.5) is 0 Å². The Hall–Kier alpha value is -1.72. The van der Waals surface area contributed by atoms with E-state index in [9.17, 15) is 4.79 Å². The van der Waals surface area contributed by atoms with Gasteiger partial charge in [0.15, 0.2) is 0 Å². The third-order valence-corrected chi connectivity index (χ3v) is 3.99. The van der Waals surface area contributed by atoms with E-state index in [1.54, 1.807) is 23.9 Å². The lowest BCUT2D eigenvalue weighted by Gasteiger charge is -2.13.